The first kappa shape index (κ1) is 9.91. The fourth-order valence-electron chi connectivity index (χ4n) is 2.15. The maximum absolute atomic E-state index is 11.4. The van der Waals surface area contributed by atoms with Gasteiger partial charge in [0.2, 0.25) is 0 Å². The van der Waals surface area contributed by atoms with Crippen molar-refractivity contribution in [3.8, 4) is 0 Å². The van der Waals surface area contributed by atoms with E-state index in [1.807, 2.05) is 12.1 Å². The van der Waals surface area contributed by atoms with Crippen molar-refractivity contribution in [2.45, 2.75) is 32.6 Å². The summed E-state index contributed by atoms with van der Waals surface area (Å²) in [6, 6.07) is 3.94. The monoisotopic (exact) mass is 252 g/mol. The standard InChI is InChI=1S/C12H13BrO/c1-8(14)9-6-7-12(13)11-5-3-2-4-10(9)11/h6-7H,2-5H2,1H3. The van der Waals surface area contributed by atoms with Crippen LogP contribution in [0.5, 0.6) is 0 Å². The van der Waals surface area contributed by atoms with Crippen molar-refractivity contribution in [2.24, 2.45) is 0 Å². The molecule has 1 nitrogen and oxygen atoms in total. The van der Waals surface area contributed by atoms with E-state index < -0.39 is 0 Å². The molecule has 0 spiro atoms. The van der Waals surface area contributed by atoms with E-state index in [-0.39, 0.29) is 5.78 Å². The van der Waals surface area contributed by atoms with Gasteiger partial charge in [0.15, 0.2) is 5.78 Å². The summed E-state index contributed by atoms with van der Waals surface area (Å²) in [4.78, 5) is 11.4. The second kappa shape index (κ2) is 3.85. The zero-order valence-electron chi connectivity index (χ0n) is 8.27. The molecule has 0 fully saturated rings. The first-order valence-corrected chi connectivity index (χ1v) is 5.80. The van der Waals surface area contributed by atoms with Gasteiger partial charge < -0.3 is 0 Å². The third-order valence-corrected chi connectivity index (χ3v) is 3.60. The van der Waals surface area contributed by atoms with Gasteiger partial charge in [-0.25, -0.2) is 0 Å². The summed E-state index contributed by atoms with van der Waals surface area (Å²) in [5.41, 5.74) is 3.55. The Balaban J connectivity index is 2.59. The van der Waals surface area contributed by atoms with E-state index in [9.17, 15) is 4.79 Å². The molecule has 14 heavy (non-hydrogen) atoms. The van der Waals surface area contributed by atoms with Crippen LogP contribution in [-0.2, 0) is 12.8 Å². The number of hydrogen-bond donors (Lipinski definition) is 0. The van der Waals surface area contributed by atoms with Crippen molar-refractivity contribution in [1.29, 1.82) is 0 Å². The Labute approximate surface area is 92.6 Å². The van der Waals surface area contributed by atoms with Crippen LogP contribution < -0.4 is 0 Å². The van der Waals surface area contributed by atoms with Crippen LogP contribution in [0.3, 0.4) is 0 Å². The Hall–Kier alpha value is -0.630. The van der Waals surface area contributed by atoms with Gasteiger partial charge in [-0.05, 0) is 49.8 Å². The SMILES string of the molecule is CC(=O)c1ccc(Br)c2c1CCCC2. The summed E-state index contributed by atoms with van der Waals surface area (Å²) in [7, 11) is 0. The quantitative estimate of drug-likeness (QED) is 0.700. The van der Waals surface area contributed by atoms with Gasteiger partial charge in [0.05, 0.1) is 0 Å². The number of hydrogen-bond acceptors (Lipinski definition) is 1. The van der Waals surface area contributed by atoms with Gasteiger partial charge in [-0.3, -0.25) is 4.79 Å². The van der Waals surface area contributed by atoms with Gasteiger partial charge in [0, 0.05) is 10.0 Å². The lowest BCUT2D eigenvalue weighted by atomic mass is 9.87. The number of rotatable bonds is 1. The minimum absolute atomic E-state index is 0.190. The molecule has 0 atom stereocenters. The second-order valence-corrected chi connectivity index (χ2v) is 4.67. The van der Waals surface area contributed by atoms with Gasteiger partial charge in [-0.1, -0.05) is 22.0 Å². The van der Waals surface area contributed by atoms with Crippen molar-refractivity contribution in [3.63, 3.8) is 0 Å². The van der Waals surface area contributed by atoms with E-state index in [4.69, 9.17) is 0 Å². The highest BCUT2D eigenvalue weighted by Crippen LogP contribution is 2.30. The van der Waals surface area contributed by atoms with E-state index in [0.717, 1.165) is 22.9 Å². The molecular formula is C12H13BrO. The number of carbonyl (C=O) groups excluding carboxylic acids is 1. The molecule has 74 valence electrons. The van der Waals surface area contributed by atoms with Gasteiger partial charge in [0.25, 0.3) is 0 Å². The predicted octanol–water partition coefficient (Wildman–Crippen LogP) is 3.53. The lowest BCUT2D eigenvalue weighted by Crippen LogP contribution is -2.09. The van der Waals surface area contributed by atoms with Gasteiger partial charge in [0.1, 0.15) is 0 Å². The fraction of sp³-hybridized carbons (Fsp3) is 0.417. The van der Waals surface area contributed by atoms with Crippen LogP contribution >= 0.6 is 15.9 Å². The maximum atomic E-state index is 11.4. The van der Waals surface area contributed by atoms with Crippen LogP contribution in [0.15, 0.2) is 16.6 Å². The first-order chi connectivity index (χ1) is 6.70. The number of ketones is 1. The van der Waals surface area contributed by atoms with Crippen LogP contribution in [0.25, 0.3) is 0 Å². The highest BCUT2D eigenvalue weighted by atomic mass is 79.9. The summed E-state index contributed by atoms with van der Waals surface area (Å²) < 4.78 is 1.16. The number of fused-ring (bicyclic) bond motifs is 1. The van der Waals surface area contributed by atoms with E-state index in [1.54, 1.807) is 6.92 Å². The number of benzene rings is 1. The minimum Gasteiger partial charge on any atom is -0.295 e. The van der Waals surface area contributed by atoms with Gasteiger partial charge >= 0.3 is 0 Å². The summed E-state index contributed by atoms with van der Waals surface area (Å²) >= 11 is 3.55. The van der Waals surface area contributed by atoms with E-state index in [1.165, 1.54) is 24.0 Å². The summed E-state index contributed by atoms with van der Waals surface area (Å²) in [5.74, 6) is 0.190. The average molecular weight is 253 g/mol. The molecule has 0 saturated carbocycles. The lowest BCUT2D eigenvalue weighted by Gasteiger charge is -2.19. The molecule has 0 aromatic heterocycles. The minimum atomic E-state index is 0.190. The number of Topliss-reactive ketones (excluding diaryl/α,β-unsaturated/α-hetero) is 1. The van der Waals surface area contributed by atoms with Gasteiger partial charge in [-0.2, -0.15) is 0 Å². The van der Waals surface area contributed by atoms with E-state index in [2.05, 4.69) is 15.9 Å². The second-order valence-electron chi connectivity index (χ2n) is 3.82. The Kier molecular flexibility index (Phi) is 2.73. The number of carbonyl (C=O) groups is 1. The summed E-state index contributed by atoms with van der Waals surface area (Å²) in [5, 5.41) is 0. The van der Waals surface area contributed by atoms with Crippen LogP contribution in [0.2, 0.25) is 0 Å². The van der Waals surface area contributed by atoms with Gasteiger partial charge in [-0.15, -0.1) is 0 Å². The lowest BCUT2D eigenvalue weighted by molar-refractivity contribution is 0.101. The van der Waals surface area contributed by atoms with E-state index >= 15 is 0 Å². The largest absolute Gasteiger partial charge is 0.295 e. The zero-order chi connectivity index (χ0) is 10.1. The highest BCUT2D eigenvalue weighted by Gasteiger charge is 2.17. The van der Waals surface area contributed by atoms with Crippen molar-refractivity contribution in [3.05, 3.63) is 33.3 Å². The molecule has 0 amide bonds. The van der Waals surface area contributed by atoms with Crippen molar-refractivity contribution >= 4 is 21.7 Å². The predicted molar refractivity (Wildman–Crippen MR) is 60.8 cm³/mol. The van der Waals surface area contributed by atoms with Crippen molar-refractivity contribution < 1.29 is 4.79 Å². The zero-order valence-corrected chi connectivity index (χ0v) is 9.86. The third kappa shape index (κ3) is 1.63. The Morgan fingerprint density at radius 3 is 2.50 bits per heavy atom. The topological polar surface area (TPSA) is 17.1 Å². The van der Waals surface area contributed by atoms with Crippen LogP contribution in [0.1, 0.15) is 41.3 Å². The van der Waals surface area contributed by atoms with Crippen molar-refractivity contribution in [1.82, 2.24) is 0 Å². The molecule has 0 saturated heterocycles. The fourth-order valence-corrected chi connectivity index (χ4v) is 2.72. The molecule has 0 aliphatic heterocycles. The Morgan fingerprint density at radius 2 is 1.86 bits per heavy atom. The molecule has 1 aromatic rings. The molecule has 0 unspecified atom stereocenters. The molecule has 2 heteroatoms. The molecule has 1 aromatic carbocycles. The molecule has 2 rings (SSSR count). The van der Waals surface area contributed by atoms with E-state index in [0.29, 0.717) is 0 Å². The highest BCUT2D eigenvalue weighted by molar-refractivity contribution is 9.10. The van der Waals surface area contributed by atoms with Crippen LogP contribution in [0.4, 0.5) is 0 Å². The summed E-state index contributed by atoms with van der Waals surface area (Å²) in [6.07, 6.45) is 4.62. The molecule has 0 bridgehead atoms. The van der Waals surface area contributed by atoms with Crippen LogP contribution in [-0.4, -0.2) is 5.78 Å². The molecule has 0 radical (unpaired) electrons. The first-order valence-electron chi connectivity index (χ1n) is 5.01. The molecule has 0 heterocycles. The molecule has 1 aliphatic rings. The number of halogens is 1. The normalized spacial score (nSPS) is 15.0. The summed E-state index contributed by atoms with van der Waals surface area (Å²) in [6.45, 7) is 1.65. The Morgan fingerprint density at radius 1 is 1.21 bits per heavy atom. The Bertz CT molecular complexity index is 382. The smallest absolute Gasteiger partial charge is 0.160 e. The van der Waals surface area contributed by atoms with Crippen LogP contribution in [0, 0.1) is 0 Å². The average Bonchev–Trinajstić information content (AvgIpc) is 2.18. The maximum Gasteiger partial charge on any atom is 0.160 e. The third-order valence-electron chi connectivity index (χ3n) is 2.86. The molecule has 0 N–H and O–H groups in total. The molecule has 1 aliphatic carbocycles. The molecular weight excluding hydrogens is 240 g/mol. The van der Waals surface area contributed by atoms with Crippen molar-refractivity contribution in [2.75, 3.05) is 0 Å².